The summed E-state index contributed by atoms with van der Waals surface area (Å²) in [5.41, 5.74) is 1.26. The Hall–Kier alpha value is -4.02. The number of sulfonamides is 1. The summed E-state index contributed by atoms with van der Waals surface area (Å²) in [6.07, 6.45) is -0.354. The molecule has 4 aromatic rings. The van der Waals surface area contributed by atoms with E-state index in [9.17, 15) is 26.0 Å². The summed E-state index contributed by atoms with van der Waals surface area (Å²) in [7, 11) is -6.13. The zero-order chi connectivity index (χ0) is 32.0. The molecule has 0 aliphatic carbocycles. The van der Waals surface area contributed by atoms with Gasteiger partial charge in [-0.2, -0.15) is 18.3 Å². The number of alkyl halides is 3. The Kier molecular flexibility index (Phi) is 10.3. The zero-order valence-corrected chi connectivity index (χ0v) is 26.0. The van der Waals surface area contributed by atoms with E-state index in [4.69, 9.17) is 9.47 Å². The molecule has 44 heavy (non-hydrogen) atoms. The number of hydrogen-bond acceptors (Lipinski definition) is 8. The van der Waals surface area contributed by atoms with Gasteiger partial charge in [0.15, 0.2) is 5.75 Å². The van der Waals surface area contributed by atoms with Crippen LogP contribution < -0.4 is 14.8 Å². The van der Waals surface area contributed by atoms with Gasteiger partial charge in [-0.25, -0.2) is 22.5 Å². The van der Waals surface area contributed by atoms with Crippen LogP contribution in [0.1, 0.15) is 5.56 Å². The third-order valence-corrected chi connectivity index (χ3v) is 8.96. The molecule has 0 atom stereocenters. The fourth-order valence-electron chi connectivity index (χ4n) is 3.83. The molecule has 0 aliphatic rings. The highest BCUT2D eigenvalue weighted by molar-refractivity contribution is 7.92. The van der Waals surface area contributed by atoms with Gasteiger partial charge in [0.05, 0.1) is 17.6 Å². The maximum Gasteiger partial charge on any atom is 0.404 e. The smallest absolute Gasteiger partial charge is 0.404 e. The molecule has 2 heterocycles. The number of aromatic nitrogens is 4. The molecule has 0 bridgehead atoms. The van der Waals surface area contributed by atoms with Crippen molar-refractivity contribution in [2.45, 2.75) is 45.2 Å². The molecule has 2 N–H and O–H groups in total. The van der Waals surface area contributed by atoms with Crippen LogP contribution in [-0.2, 0) is 28.1 Å². The van der Waals surface area contributed by atoms with Crippen molar-refractivity contribution in [3.8, 4) is 17.0 Å². The van der Waals surface area contributed by atoms with E-state index < -0.39 is 35.8 Å². The first kappa shape index (κ1) is 32.9. The van der Waals surface area contributed by atoms with Crippen molar-refractivity contribution in [3.63, 3.8) is 0 Å². The molecular weight excluding hydrogens is 620 g/mol. The molecule has 0 unspecified atom stereocenters. The molecule has 0 saturated heterocycles. The second-order valence-corrected chi connectivity index (χ2v) is 18.4. The van der Waals surface area contributed by atoms with Crippen molar-refractivity contribution in [2.75, 3.05) is 22.4 Å². The molecule has 4 rings (SSSR count). The van der Waals surface area contributed by atoms with Crippen LogP contribution >= 0.6 is 0 Å². The molecule has 2 aromatic carbocycles. The normalized spacial score (nSPS) is 12.2. The largest absolute Gasteiger partial charge is 0.487 e. The predicted octanol–water partition coefficient (Wildman–Crippen LogP) is 6.42. The monoisotopic (exact) mass is 652 g/mol. The lowest BCUT2D eigenvalue weighted by molar-refractivity contribution is -0.106. The van der Waals surface area contributed by atoms with E-state index in [1.54, 1.807) is 10.7 Å². The van der Waals surface area contributed by atoms with E-state index in [-0.39, 0.29) is 24.8 Å². The van der Waals surface area contributed by atoms with Gasteiger partial charge in [-0.1, -0.05) is 37.8 Å². The molecule has 0 spiro atoms. The van der Waals surface area contributed by atoms with Crippen molar-refractivity contribution < 1.29 is 35.5 Å². The van der Waals surface area contributed by atoms with Gasteiger partial charge < -0.3 is 14.8 Å². The Balaban J connectivity index is 1.66. The van der Waals surface area contributed by atoms with Crippen LogP contribution in [-0.4, -0.2) is 54.8 Å². The molecule has 2 aromatic heterocycles. The van der Waals surface area contributed by atoms with Crippen molar-refractivity contribution in [3.05, 3.63) is 78.5 Å². The van der Waals surface area contributed by atoms with Crippen LogP contribution in [0, 0.1) is 5.82 Å². The van der Waals surface area contributed by atoms with Gasteiger partial charge in [0.25, 0.3) is 0 Å². The molecule has 0 fully saturated rings. The number of nitrogens with zero attached hydrogens (tertiary/aromatic N) is 4. The fourth-order valence-corrected chi connectivity index (χ4v) is 5.59. The number of nitrogens with one attached hydrogen (secondary N) is 2. The van der Waals surface area contributed by atoms with E-state index in [2.05, 4.69) is 40.0 Å². The summed E-state index contributed by atoms with van der Waals surface area (Å²) < 4.78 is 91.8. The summed E-state index contributed by atoms with van der Waals surface area (Å²) in [5.74, 6) is -1.60. The summed E-state index contributed by atoms with van der Waals surface area (Å²) in [4.78, 5) is 8.29. The summed E-state index contributed by atoms with van der Waals surface area (Å²) >= 11 is 0. The molecule has 236 valence electrons. The van der Waals surface area contributed by atoms with Crippen LogP contribution in [0.5, 0.6) is 5.75 Å². The minimum atomic E-state index is -4.95. The molecule has 0 aliphatic heterocycles. The SMILES string of the molecule is C[Si](C)(C)CCOCn1nc(-c2ccc(NS(=O)(=O)CC(F)(F)F)c(OCc3ccc(F)cc3)c2)cc1Nc1cnccn1. The standard InChI is InChI=1S/C28H32F4N6O4SSi/c1-44(2,3)13-12-41-19-38-27(35-26-16-33-10-11-34-26)15-24(36-38)21-6-9-23(37-43(39,40)18-28(30,31)32)25(14-21)42-17-20-4-7-22(29)8-5-20/h4-11,14-16,37H,12-13,17-19H2,1-3H3,(H,34,35). The molecule has 0 saturated carbocycles. The highest BCUT2D eigenvalue weighted by Crippen LogP contribution is 2.34. The van der Waals surface area contributed by atoms with Gasteiger partial charge in [-0.15, -0.1) is 0 Å². The Morgan fingerprint density at radius 3 is 2.43 bits per heavy atom. The number of hydrogen-bond donors (Lipinski definition) is 2. The Bertz CT molecular complexity index is 1650. The molecule has 0 amide bonds. The second-order valence-electron chi connectivity index (χ2n) is 11.1. The average molecular weight is 653 g/mol. The minimum Gasteiger partial charge on any atom is -0.487 e. The highest BCUT2D eigenvalue weighted by Gasteiger charge is 2.35. The van der Waals surface area contributed by atoms with Crippen LogP contribution in [0.2, 0.25) is 25.7 Å². The Labute approximate surface area is 253 Å². The van der Waals surface area contributed by atoms with Gasteiger partial charge in [-0.3, -0.25) is 9.71 Å². The highest BCUT2D eigenvalue weighted by atomic mass is 32.2. The van der Waals surface area contributed by atoms with Crippen molar-refractivity contribution in [1.29, 1.82) is 0 Å². The first-order valence-electron chi connectivity index (χ1n) is 13.4. The van der Waals surface area contributed by atoms with E-state index in [1.165, 1.54) is 61.1 Å². The lowest BCUT2D eigenvalue weighted by atomic mass is 10.1. The van der Waals surface area contributed by atoms with Gasteiger partial charge >= 0.3 is 6.18 Å². The van der Waals surface area contributed by atoms with Crippen molar-refractivity contribution in [1.82, 2.24) is 19.7 Å². The van der Waals surface area contributed by atoms with Crippen LogP contribution in [0.25, 0.3) is 11.3 Å². The van der Waals surface area contributed by atoms with Gasteiger partial charge in [-0.05, 0) is 35.9 Å². The van der Waals surface area contributed by atoms with E-state index >= 15 is 0 Å². The Morgan fingerprint density at radius 2 is 1.77 bits per heavy atom. The number of ether oxygens (including phenoxy) is 2. The van der Waals surface area contributed by atoms with Crippen LogP contribution in [0.15, 0.2) is 67.1 Å². The average Bonchev–Trinajstić information content (AvgIpc) is 3.32. The molecule has 0 radical (unpaired) electrons. The maximum atomic E-state index is 13.4. The third-order valence-electron chi connectivity index (χ3n) is 6.01. The number of anilines is 3. The van der Waals surface area contributed by atoms with E-state index in [0.717, 1.165) is 6.04 Å². The summed E-state index contributed by atoms with van der Waals surface area (Å²) in [5, 5.41) is 7.79. The van der Waals surface area contributed by atoms with Gasteiger partial charge in [0.1, 0.15) is 36.5 Å². The first-order valence-corrected chi connectivity index (χ1v) is 18.8. The van der Waals surface area contributed by atoms with E-state index in [1.807, 2.05) is 4.72 Å². The van der Waals surface area contributed by atoms with Crippen molar-refractivity contribution >= 4 is 35.4 Å². The third kappa shape index (κ3) is 10.3. The number of halogens is 4. The number of benzene rings is 2. The Morgan fingerprint density at radius 1 is 1.02 bits per heavy atom. The quantitative estimate of drug-likeness (QED) is 0.0910. The summed E-state index contributed by atoms with van der Waals surface area (Å²) in [6, 6.07) is 12.3. The lowest BCUT2D eigenvalue weighted by Gasteiger charge is -2.16. The van der Waals surface area contributed by atoms with Crippen molar-refractivity contribution in [2.24, 2.45) is 0 Å². The molecular formula is C28H32F4N6O4SSi. The van der Waals surface area contributed by atoms with Gasteiger partial charge in [0, 0.05) is 38.7 Å². The fraction of sp³-hybridized carbons (Fsp3) is 0.321. The summed E-state index contributed by atoms with van der Waals surface area (Å²) in [6.45, 7) is 7.28. The second kappa shape index (κ2) is 13.7. The molecule has 16 heteroatoms. The lowest BCUT2D eigenvalue weighted by Crippen LogP contribution is -2.28. The minimum absolute atomic E-state index is 0.0538. The number of rotatable bonds is 14. The zero-order valence-electron chi connectivity index (χ0n) is 24.2. The maximum absolute atomic E-state index is 13.4. The van der Waals surface area contributed by atoms with Crippen LogP contribution in [0.3, 0.4) is 0 Å². The van der Waals surface area contributed by atoms with Gasteiger partial charge in [0.2, 0.25) is 10.0 Å². The topological polar surface area (TPSA) is 120 Å². The molecule has 10 nitrogen and oxygen atoms in total. The predicted molar refractivity (Wildman–Crippen MR) is 161 cm³/mol. The van der Waals surface area contributed by atoms with E-state index in [0.29, 0.717) is 35.1 Å². The van der Waals surface area contributed by atoms with Crippen LogP contribution in [0.4, 0.5) is 34.9 Å². The first-order chi connectivity index (χ1) is 20.7.